The number of piperazine rings is 1. The van der Waals surface area contributed by atoms with Gasteiger partial charge in [0.05, 0.1) is 18.4 Å². The number of benzene rings is 2. The van der Waals surface area contributed by atoms with Crippen LogP contribution in [0, 0.1) is 6.57 Å². The van der Waals surface area contributed by atoms with E-state index in [0.29, 0.717) is 37.7 Å². The molecule has 2 aliphatic heterocycles. The van der Waals surface area contributed by atoms with E-state index < -0.39 is 5.60 Å². The predicted molar refractivity (Wildman–Crippen MR) is 172 cm³/mol. The van der Waals surface area contributed by atoms with Crippen molar-refractivity contribution >= 4 is 46.0 Å². The van der Waals surface area contributed by atoms with Crippen molar-refractivity contribution in [2.24, 2.45) is 0 Å². The third kappa shape index (κ3) is 7.35. The summed E-state index contributed by atoms with van der Waals surface area (Å²) in [6.07, 6.45) is 0.0162. The standard InChI is InChI=1S/C32H39ClN6O3S/c1-32(2,3)42-31(40)39-14-13-38(19-22(39)18-34-4)29-24-20-41-27(17-26(24)35-30(36-29)43-16-15-37(5)6)23-11-7-9-21-10-8-12-25(33)28(21)23/h7-12,22,27H,13-20H2,1-3,5-6H3/t22-,27-/m0/s1. The van der Waals surface area contributed by atoms with Crippen LogP contribution in [-0.2, 0) is 22.5 Å². The van der Waals surface area contributed by atoms with Crippen LogP contribution >= 0.6 is 23.4 Å². The van der Waals surface area contributed by atoms with Crippen LogP contribution in [-0.4, -0.2) is 90.1 Å². The second kappa shape index (κ2) is 13.3. The SMILES string of the molecule is [C-]#[N+]C[C@H]1CN(c2nc(SCCN(C)C)nc3c2CO[C@H](c2cccc4cccc(Cl)c24)C3)CCN1C(=O)OC(C)(C)C. The van der Waals surface area contributed by atoms with Crippen LogP contribution in [0.15, 0.2) is 41.6 Å². The maximum atomic E-state index is 13.0. The van der Waals surface area contributed by atoms with Crippen LogP contribution in [0.1, 0.15) is 43.7 Å². The number of hydrogen-bond donors (Lipinski definition) is 0. The van der Waals surface area contributed by atoms with E-state index in [1.807, 2.05) is 39.0 Å². The molecule has 0 unspecified atom stereocenters. The van der Waals surface area contributed by atoms with Gasteiger partial charge in [-0.3, -0.25) is 4.90 Å². The van der Waals surface area contributed by atoms with Gasteiger partial charge in [-0.25, -0.2) is 21.3 Å². The lowest BCUT2D eigenvalue weighted by Crippen LogP contribution is -2.57. The zero-order valence-electron chi connectivity index (χ0n) is 25.5. The van der Waals surface area contributed by atoms with Crippen molar-refractivity contribution in [3.05, 3.63) is 69.7 Å². The van der Waals surface area contributed by atoms with Gasteiger partial charge in [-0.2, -0.15) is 0 Å². The Morgan fingerprint density at radius 2 is 1.98 bits per heavy atom. The lowest BCUT2D eigenvalue weighted by molar-refractivity contribution is 0.0151. The quantitative estimate of drug-likeness (QED) is 0.178. The Bertz CT molecular complexity index is 1520. The third-order valence-electron chi connectivity index (χ3n) is 7.57. The Labute approximate surface area is 263 Å². The van der Waals surface area contributed by atoms with Gasteiger partial charge in [0.25, 0.3) is 0 Å². The fraction of sp³-hybridized carbons (Fsp3) is 0.500. The number of thioether (sulfide) groups is 1. The first kappa shape index (κ1) is 31.3. The summed E-state index contributed by atoms with van der Waals surface area (Å²) in [5.41, 5.74) is 2.38. The summed E-state index contributed by atoms with van der Waals surface area (Å²) in [5.74, 6) is 1.68. The highest BCUT2D eigenvalue weighted by molar-refractivity contribution is 7.99. The van der Waals surface area contributed by atoms with E-state index in [2.05, 4.69) is 46.9 Å². The Morgan fingerprint density at radius 1 is 1.21 bits per heavy atom. The Kier molecular flexibility index (Phi) is 9.67. The van der Waals surface area contributed by atoms with Crippen molar-refractivity contribution in [2.75, 3.05) is 57.5 Å². The van der Waals surface area contributed by atoms with Crippen molar-refractivity contribution in [3.63, 3.8) is 0 Å². The summed E-state index contributed by atoms with van der Waals surface area (Å²) >= 11 is 8.31. The zero-order chi connectivity index (χ0) is 30.7. The summed E-state index contributed by atoms with van der Waals surface area (Å²) < 4.78 is 12.2. The molecule has 0 N–H and O–H groups in total. The normalized spacial score (nSPS) is 18.9. The second-order valence-electron chi connectivity index (χ2n) is 12.2. The van der Waals surface area contributed by atoms with Crippen LogP contribution in [0.5, 0.6) is 0 Å². The van der Waals surface area contributed by atoms with Crippen molar-refractivity contribution in [1.82, 2.24) is 19.8 Å². The molecule has 0 radical (unpaired) electrons. The number of carbonyl (C=O) groups excluding carboxylic acids is 1. The van der Waals surface area contributed by atoms with Gasteiger partial charge < -0.3 is 24.1 Å². The molecule has 228 valence electrons. The number of halogens is 1. The molecule has 2 aliphatic rings. The molecule has 3 aromatic rings. The largest absolute Gasteiger partial charge is 0.444 e. The molecule has 43 heavy (non-hydrogen) atoms. The summed E-state index contributed by atoms with van der Waals surface area (Å²) in [7, 11) is 4.11. The van der Waals surface area contributed by atoms with Crippen molar-refractivity contribution in [2.45, 2.75) is 56.7 Å². The number of aromatic nitrogens is 2. The monoisotopic (exact) mass is 622 g/mol. The smallest absolute Gasteiger partial charge is 0.410 e. The molecule has 2 atom stereocenters. The van der Waals surface area contributed by atoms with Gasteiger partial charge >= 0.3 is 6.09 Å². The Balaban J connectivity index is 1.46. The molecule has 0 spiro atoms. The van der Waals surface area contributed by atoms with E-state index in [0.717, 1.165) is 50.9 Å². The average molecular weight is 623 g/mol. The fourth-order valence-corrected chi connectivity index (χ4v) is 6.79. The molecule has 1 fully saturated rings. The van der Waals surface area contributed by atoms with Gasteiger partial charge in [-0.05, 0) is 51.9 Å². The number of amides is 1. The van der Waals surface area contributed by atoms with E-state index >= 15 is 0 Å². The molecule has 0 bridgehead atoms. The first-order valence-corrected chi connectivity index (χ1v) is 15.9. The molecule has 0 aliphatic carbocycles. The van der Waals surface area contributed by atoms with Gasteiger partial charge in [0, 0.05) is 54.3 Å². The lowest BCUT2D eigenvalue weighted by Gasteiger charge is -2.41. The van der Waals surface area contributed by atoms with E-state index in [4.69, 9.17) is 37.6 Å². The van der Waals surface area contributed by atoms with Crippen LogP contribution in [0.4, 0.5) is 10.6 Å². The number of nitrogens with zero attached hydrogens (tertiary/aromatic N) is 6. The predicted octanol–water partition coefficient (Wildman–Crippen LogP) is 6.10. The number of rotatable bonds is 7. The van der Waals surface area contributed by atoms with Gasteiger partial charge in [-0.1, -0.05) is 53.7 Å². The molecule has 9 nitrogen and oxygen atoms in total. The fourth-order valence-electron chi connectivity index (χ4n) is 5.54. The van der Waals surface area contributed by atoms with Crippen molar-refractivity contribution < 1.29 is 14.3 Å². The minimum Gasteiger partial charge on any atom is -0.444 e. The van der Waals surface area contributed by atoms with Crippen LogP contribution < -0.4 is 4.90 Å². The molecule has 1 saturated heterocycles. The number of ether oxygens (including phenoxy) is 2. The summed E-state index contributed by atoms with van der Waals surface area (Å²) in [6.45, 7) is 16.1. The minimum atomic E-state index is -0.608. The number of carbonyl (C=O) groups is 1. The molecule has 2 aromatic carbocycles. The molecule has 0 saturated carbocycles. The Morgan fingerprint density at radius 3 is 2.70 bits per heavy atom. The molecule has 1 amide bonds. The maximum Gasteiger partial charge on any atom is 0.410 e. The van der Waals surface area contributed by atoms with E-state index in [9.17, 15) is 4.79 Å². The molecule has 1 aromatic heterocycles. The van der Waals surface area contributed by atoms with E-state index in [-0.39, 0.29) is 24.8 Å². The highest BCUT2D eigenvalue weighted by atomic mass is 35.5. The molecular formula is C32H39ClN6O3S. The van der Waals surface area contributed by atoms with Crippen molar-refractivity contribution in [1.29, 1.82) is 0 Å². The lowest BCUT2D eigenvalue weighted by atomic mass is 9.94. The minimum absolute atomic E-state index is 0.188. The second-order valence-corrected chi connectivity index (χ2v) is 13.7. The molecule has 11 heteroatoms. The summed E-state index contributed by atoms with van der Waals surface area (Å²) in [6, 6.07) is 11.8. The van der Waals surface area contributed by atoms with Crippen LogP contribution in [0.2, 0.25) is 5.02 Å². The van der Waals surface area contributed by atoms with Gasteiger partial charge in [0.2, 0.25) is 6.54 Å². The maximum absolute atomic E-state index is 13.0. The van der Waals surface area contributed by atoms with Gasteiger partial charge in [0.15, 0.2) is 5.16 Å². The highest BCUT2D eigenvalue weighted by Gasteiger charge is 2.37. The number of anilines is 1. The Hall–Kier alpha value is -3.10. The number of fused-ring (bicyclic) bond motifs is 2. The first-order valence-electron chi connectivity index (χ1n) is 14.6. The summed E-state index contributed by atoms with van der Waals surface area (Å²) in [4.78, 5) is 32.8. The molecule has 3 heterocycles. The summed E-state index contributed by atoms with van der Waals surface area (Å²) in [5, 5.41) is 3.52. The van der Waals surface area contributed by atoms with Crippen molar-refractivity contribution in [3.8, 4) is 0 Å². The van der Waals surface area contributed by atoms with E-state index in [1.165, 1.54) is 0 Å². The third-order valence-corrected chi connectivity index (χ3v) is 8.72. The van der Waals surface area contributed by atoms with Gasteiger partial charge in [0.1, 0.15) is 17.5 Å². The zero-order valence-corrected chi connectivity index (χ0v) is 27.0. The number of hydrogen-bond acceptors (Lipinski definition) is 8. The first-order chi connectivity index (χ1) is 20.5. The topological polar surface area (TPSA) is 75.4 Å². The average Bonchev–Trinajstić information content (AvgIpc) is 2.95. The molecular weight excluding hydrogens is 584 g/mol. The van der Waals surface area contributed by atoms with Gasteiger partial charge in [-0.15, -0.1) is 0 Å². The molecule has 5 rings (SSSR count). The van der Waals surface area contributed by atoms with Crippen LogP contribution in [0.3, 0.4) is 0 Å². The highest BCUT2D eigenvalue weighted by Crippen LogP contribution is 2.39. The van der Waals surface area contributed by atoms with E-state index in [1.54, 1.807) is 16.7 Å². The van der Waals surface area contributed by atoms with Crippen LogP contribution in [0.25, 0.3) is 15.6 Å².